The highest BCUT2D eigenvalue weighted by Crippen LogP contribution is 2.39. The van der Waals surface area contributed by atoms with Crippen LogP contribution in [0.3, 0.4) is 0 Å². The highest BCUT2D eigenvalue weighted by atomic mass is 28.4. The van der Waals surface area contributed by atoms with E-state index < -0.39 is 8.32 Å². The second-order valence-electron chi connectivity index (χ2n) is 9.71. The van der Waals surface area contributed by atoms with Crippen molar-refractivity contribution in [2.45, 2.75) is 83.7 Å². The third kappa shape index (κ3) is 8.30. The Morgan fingerprint density at radius 3 is 2.43 bits per heavy atom. The second kappa shape index (κ2) is 11.7. The molecule has 0 saturated carbocycles. The van der Waals surface area contributed by atoms with Crippen molar-refractivity contribution in [2.24, 2.45) is 5.92 Å². The molecule has 2 rings (SSSR count). The number of allylic oxidation sites excluding steroid dienone is 1. The molecular weight excluding hydrogens is 388 g/mol. The van der Waals surface area contributed by atoms with Gasteiger partial charge < -0.3 is 13.9 Å². The van der Waals surface area contributed by atoms with E-state index >= 15 is 0 Å². The van der Waals surface area contributed by atoms with Gasteiger partial charge >= 0.3 is 0 Å². The summed E-state index contributed by atoms with van der Waals surface area (Å²) in [5.74, 6) is 8.13. The Hall–Kier alpha value is -1.54. The molecule has 0 saturated heterocycles. The Bertz CT molecular complexity index is 719. The van der Waals surface area contributed by atoms with Gasteiger partial charge in [-0.25, -0.2) is 0 Å². The first kappa shape index (κ1) is 24.7. The van der Waals surface area contributed by atoms with Crippen molar-refractivity contribution < 1.29 is 13.9 Å². The standard InChI is InChI=1S/C26H40O3Si/c1-26(2,3)30(5,6)29-25-18-13-22(20-25)12-10-8-7-9-11-19-28-21-23-14-16-24(27-4)17-15-23/h13-18,22,25H,7,9,11-12,19-21H2,1-6H3/t22-,25-/m0/s1. The molecule has 2 atom stereocenters. The van der Waals surface area contributed by atoms with Gasteiger partial charge in [0, 0.05) is 19.4 Å². The van der Waals surface area contributed by atoms with Crippen LogP contribution in [0.4, 0.5) is 0 Å². The molecule has 0 N–H and O–H groups in total. The Labute approximate surface area is 185 Å². The monoisotopic (exact) mass is 428 g/mol. The van der Waals surface area contributed by atoms with E-state index in [1.54, 1.807) is 7.11 Å². The molecule has 0 aromatic heterocycles. The predicted molar refractivity (Wildman–Crippen MR) is 128 cm³/mol. The molecule has 0 spiro atoms. The van der Waals surface area contributed by atoms with Crippen LogP contribution in [0.1, 0.15) is 58.4 Å². The minimum absolute atomic E-state index is 0.261. The van der Waals surface area contributed by atoms with Crippen LogP contribution < -0.4 is 4.74 Å². The van der Waals surface area contributed by atoms with Crippen molar-refractivity contribution in [3.8, 4) is 17.6 Å². The summed E-state index contributed by atoms with van der Waals surface area (Å²) in [5, 5.41) is 0.261. The zero-order valence-corrected chi connectivity index (χ0v) is 20.8. The molecular formula is C26H40O3Si. The summed E-state index contributed by atoms with van der Waals surface area (Å²) in [4.78, 5) is 0. The van der Waals surface area contributed by atoms with E-state index in [0.717, 1.165) is 44.5 Å². The number of rotatable bonds is 10. The van der Waals surface area contributed by atoms with Crippen LogP contribution >= 0.6 is 0 Å². The number of benzene rings is 1. The van der Waals surface area contributed by atoms with Gasteiger partial charge in [-0.1, -0.05) is 45.1 Å². The first-order valence-corrected chi connectivity index (χ1v) is 14.1. The molecule has 1 aromatic rings. The fraction of sp³-hybridized carbons (Fsp3) is 0.615. The molecule has 4 heteroatoms. The maximum absolute atomic E-state index is 6.50. The van der Waals surface area contributed by atoms with Gasteiger partial charge in [0.1, 0.15) is 5.75 Å². The van der Waals surface area contributed by atoms with Gasteiger partial charge in [-0.15, -0.1) is 11.8 Å². The van der Waals surface area contributed by atoms with Gasteiger partial charge in [-0.2, -0.15) is 0 Å². The second-order valence-corrected chi connectivity index (χ2v) is 14.5. The number of hydrogen-bond donors (Lipinski definition) is 0. The van der Waals surface area contributed by atoms with Crippen molar-refractivity contribution in [3.63, 3.8) is 0 Å². The summed E-state index contributed by atoms with van der Waals surface area (Å²) < 4.78 is 17.4. The Morgan fingerprint density at radius 2 is 1.77 bits per heavy atom. The van der Waals surface area contributed by atoms with Crippen molar-refractivity contribution in [1.29, 1.82) is 0 Å². The lowest BCUT2D eigenvalue weighted by atomic mass is 10.1. The van der Waals surface area contributed by atoms with E-state index in [-0.39, 0.29) is 11.1 Å². The largest absolute Gasteiger partial charge is 0.497 e. The van der Waals surface area contributed by atoms with Crippen LogP contribution in [0.5, 0.6) is 5.75 Å². The molecule has 0 radical (unpaired) electrons. The first-order chi connectivity index (χ1) is 14.2. The quantitative estimate of drug-likeness (QED) is 0.179. The molecule has 1 aliphatic carbocycles. The third-order valence-corrected chi connectivity index (χ3v) is 10.6. The van der Waals surface area contributed by atoms with E-state index in [4.69, 9.17) is 13.9 Å². The van der Waals surface area contributed by atoms with E-state index in [2.05, 4.69) is 57.9 Å². The predicted octanol–water partition coefficient (Wildman–Crippen LogP) is 6.74. The summed E-state index contributed by atoms with van der Waals surface area (Å²) >= 11 is 0. The van der Waals surface area contributed by atoms with Crippen LogP contribution in [-0.4, -0.2) is 28.1 Å². The van der Waals surface area contributed by atoms with Crippen LogP contribution in [0, 0.1) is 17.8 Å². The lowest BCUT2D eigenvalue weighted by Crippen LogP contribution is -2.43. The minimum atomic E-state index is -1.69. The van der Waals surface area contributed by atoms with Crippen LogP contribution in [0.25, 0.3) is 0 Å². The zero-order valence-electron chi connectivity index (χ0n) is 19.8. The van der Waals surface area contributed by atoms with E-state index in [1.807, 2.05) is 24.3 Å². The van der Waals surface area contributed by atoms with E-state index in [0.29, 0.717) is 12.5 Å². The highest BCUT2D eigenvalue weighted by molar-refractivity contribution is 6.74. The number of ether oxygens (including phenoxy) is 2. The molecule has 0 heterocycles. The molecule has 1 aromatic carbocycles. The maximum Gasteiger partial charge on any atom is 0.192 e. The highest BCUT2D eigenvalue weighted by Gasteiger charge is 2.39. The van der Waals surface area contributed by atoms with E-state index in [9.17, 15) is 0 Å². The van der Waals surface area contributed by atoms with Crippen LogP contribution in [-0.2, 0) is 15.8 Å². The van der Waals surface area contributed by atoms with Crippen molar-refractivity contribution in [2.75, 3.05) is 13.7 Å². The fourth-order valence-corrected chi connectivity index (χ4v) is 4.44. The topological polar surface area (TPSA) is 27.7 Å². The lowest BCUT2D eigenvalue weighted by molar-refractivity contribution is 0.117. The lowest BCUT2D eigenvalue weighted by Gasteiger charge is -2.38. The van der Waals surface area contributed by atoms with Gasteiger partial charge in [0.15, 0.2) is 8.32 Å². The van der Waals surface area contributed by atoms with Crippen molar-refractivity contribution >= 4 is 8.32 Å². The fourth-order valence-electron chi connectivity index (χ4n) is 3.15. The molecule has 30 heavy (non-hydrogen) atoms. The van der Waals surface area contributed by atoms with Gasteiger partial charge in [0.2, 0.25) is 0 Å². The first-order valence-electron chi connectivity index (χ1n) is 11.2. The van der Waals surface area contributed by atoms with Crippen molar-refractivity contribution in [1.82, 2.24) is 0 Å². The molecule has 0 amide bonds. The average molecular weight is 429 g/mol. The maximum atomic E-state index is 6.50. The normalized spacial score (nSPS) is 18.9. The number of unbranched alkanes of at least 4 members (excludes halogenated alkanes) is 2. The number of methoxy groups -OCH3 is 1. The summed E-state index contributed by atoms with van der Waals surface area (Å²) in [5.41, 5.74) is 1.18. The molecule has 0 bridgehead atoms. The summed E-state index contributed by atoms with van der Waals surface area (Å²) in [7, 11) is -0.00974. The molecule has 0 unspecified atom stereocenters. The van der Waals surface area contributed by atoms with Gasteiger partial charge in [0.05, 0.1) is 19.8 Å². The van der Waals surface area contributed by atoms with E-state index in [1.165, 1.54) is 5.56 Å². The summed E-state index contributed by atoms with van der Waals surface area (Å²) in [6.07, 6.45) is 9.96. The minimum Gasteiger partial charge on any atom is -0.497 e. The van der Waals surface area contributed by atoms with Crippen molar-refractivity contribution in [3.05, 3.63) is 42.0 Å². The van der Waals surface area contributed by atoms with Gasteiger partial charge in [-0.3, -0.25) is 0 Å². The summed E-state index contributed by atoms with van der Waals surface area (Å²) in [6.45, 7) is 13.0. The average Bonchev–Trinajstić information content (AvgIpc) is 3.12. The SMILES string of the molecule is COc1ccc(COCCCCC#CC[C@H]2C=C[C@H](O[Si](C)(C)C(C)(C)C)C2)cc1. The number of hydrogen-bond acceptors (Lipinski definition) is 3. The molecule has 166 valence electrons. The smallest absolute Gasteiger partial charge is 0.192 e. The Kier molecular flexibility index (Phi) is 9.68. The third-order valence-electron chi connectivity index (χ3n) is 6.14. The summed E-state index contributed by atoms with van der Waals surface area (Å²) in [6, 6.07) is 8.03. The molecule has 0 fully saturated rings. The Morgan fingerprint density at radius 1 is 1.03 bits per heavy atom. The Balaban J connectivity index is 1.53. The van der Waals surface area contributed by atoms with Gasteiger partial charge in [0.25, 0.3) is 0 Å². The molecule has 0 aliphatic heterocycles. The zero-order chi connectivity index (χ0) is 22.0. The molecule has 3 nitrogen and oxygen atoms in total. The van der Waals surface area contributed by atoms with Crippen LogP contribution in [0.15, 0.2) is 36.4 Å². The van der Waals surface area contributed by atoms with Gasteiger partial charge in [-0.05, 0) is 61.0 Å². The van der Waals surface area contributed by atoms with Crippen LogP contribution in [0.2, 0.25) is 18.1 Å². The molecule has 1 aliphatic rings.